The molecule has 3 aromatic rings. The number of fused-ring (bicyclic) bond motifs is 1. The van der Waals surface area contributed by atoms with E-state index in [0.29, 0.717) is 126 Å². The number of urea groups is 1. The summed E-state index contributed by atoms with van der Waals surface area (Å²) in [5, 5.41) is 34.8. The fourth-order valence-corrected chi connectivity index (χ4v) is 8.86. The van der Waals surface area contributed by atoms with Gasteiger partial charge in [0.25, 0.3) is 0 Å². The van der Waals surface area contributed by atoms with Crippen molar-refractivity contribution in [3.63, 3.8) is 0 Å². The molecule has 4 atom stereocenters. The van der Waals surface area contributed by atoms with Crippen molar-refractivity contribution in [1.82, 2.24) is 36.6 Å². The van der Waals surface area contributed by atoms with Gasteiger partial charge >= 0.3 is 6.03 Å². The third-order valence-electron chi connectivity index (χ3n) is 10.9. The van der Waals surface area contributed by atoms with Crippen LogP contribution in [0.1, 0.15) is 69.8 Å². The number of benzene rings is 2. The van der Waals surface area contributed by atoms with Gasteiger partial charge in [-0.05, 0) is 94.8 Å². The predicted molar refractivity (Wildman–Crippen MR) is 265 cm³/mol. The summed E-state index contributed by atoms with van der Waals surface area (Å²) in [6, 6.07) is 15.1. The van der Waals surface area contributed by atoms with Crippen LogP contribution in [0.25, 0.3) is 0 Å². The van der Waals surface area contributed by atoms with E-state index in [0.717, 1.165) is 54.8 Å². The summed E-state index contributed by atoms with van der Waals surface area (Å²) in [6.07, 6.45) is 9.03. The summed E-state index contributed by atoms with van der Waals surface area (Å²) >= 11 is 1.90. The van der Waals surface area contributed by atoms with Gasteiger partial charge in [-0.1, -0.05) is 25.1 Å². The molecule has 2 aliphatic rings. The zero-order chi connectivity index (χ0) is 48.2. The van der Waals surface area contributed by atoms with Gasteiger partial charge in [0.2, 0.25) is 23.7 Å². The largest absolute Gasteiger partial charge is 0.493 e. The first kappa shape index (κ1) is 53.4. The number of nitrogens with zero attached hydrogens (tertiary/aromatic N) is 2. The molecule has 0 spiro atoms. The zero-order valence-corrected chi connectivity index (χ0v) is 40.0. The molecule has 1 unspecified atom stereocenters. The van der Waals surface area contributed by atoms with Crippen LogP contribution in [0.5, 0.6) is 5.75 Å². The summed E-state index contributed by atoms with van der Waals surface area (Å²) in [7, 11) is 0. The normalized spacial score (nSPS) is 16.5. The second kappa shape index (κ2) is 30.8. The molecule has 0 bridgehead atoms. The number of thioether (sulfide) groups is 1. The molecule has 2 aromatic carbocycles. The number of anilines is 5. The standard InChI is InChI=1S/C48H70N10O9S/c1-3-41(59)53-35-12-6-13-36(30-35)54-46-34(2)32-52-47(58-46)55-37-14-7-15-38(31-37)67-25-11-22-51-44(62)19-8-18-43(61)50-21-10-24-65-27-29-66-28-26-64-23-9-20-49-42(60)17-5-4-16-40-45-39(33-68-40)56-48(63)57-45/h3,6-7,12-15,30-32,39-40,43,45,50,61H,1,4-5,8-11,16-29,33H2,2H3,(H,49,60)(H,51,62)(H,53,59)(H2,56,57,63)(H2,52,54,55,58)/t39-,40-,43?,45-/m0/s1. The minimum absolute atomic E-state index is 0.0651. The minimum atomic E-state index is -0.693. The third-order valence-corrected chi connectivity index (χ3v) is 12.4. The molecule has 2 saturated heterocycles. The number of ether oxygens (including phenoxy) is 4. The lowest BCUT2D eigenvalue weighted by atomic mass is 10.0. The zero-order valence-electron chi connectivity index (χ0n) is 39.2. The Morgan fingerprint density at radius 1 is 0.824 bits per heavy atom. The fraction of sp³-hybridized carbons (Fsp3) is 0.542. The lowest BCUT2D eigenvalue weighted by molar-refractivity contribution is -0.122. The maximum absolute atomic E-state index is 12.3. The van der Waals surface area contributed by atoms with Crippen LogP contribution in [-0.4, -0.2) is 134 Å². The Hall–Kier alpha value is -5.51. The van der Waals surface area contributed by atoms with Crippen molar-refractivity contribution in [3.8, 4) is 5.75 Å². The molecule has 19 nitrogen and oxygen atoms in total. The van der Waals surface area contributed by atoms with Crippen molar-refractivity contribution in [2.75, 3.05) is 87.6 Å². The van der Waals surface area contributed by atoms with E-state index in [9.17, 15) is 24.3 Å². The van der Waals surface area contributed by atoms with Crippen molar-refractivity contribution in [2.24, 2.45) is 0 Å². The quantitative estimate of drug-likeness (QED) is 0.0162. The molecule has 2 aliphatic heterocycles. The maximum atomic E-state index is 12.3. The van der Waals surface area contributed by atoms with Crippen LogP contribution in [0.2, 0.25) is 0 Å². The van der Waals surface area contributed by atoms with E-state index >= 15 is 0 Å². The Bertz CT molecular complexity index is 2030. The van der Waals surface area contributed by atoms with Crippen molar-refractivity contribution < 1.29 is 43.2 Å². The molecule has 0 radical (unpaired) electrons. The van der Waals surface area contributed by atoms with E-state index in [1.54, 1.807) is 18.3 Å². The first-order valence-corrected chi connectivity index (χ1v) is 24.7. The van der Waals surface area contributed by atoms with Crippen molar-refractivity contribution in [2.45, 2.75) is 94.7 Å². The number of carbonyl (C=O) groups is 4. The van der Waals surface area contributed by atoms with Gasteiger partial charge in [0.1, 0.15) is 17.8 Å². The van der Waals surface area contributed by atoms with Crippen LogP contribution >= 0.6 is 11.8 Å². The Kier molecular flexibility index (Phi) is 24.2. The van der Waals surface area contributed by atoms with Gasteiger partial charge in [0, 0.05) is 85.0 Å². The molecule has 2 fully saturated rings. The highest BCUT2D eigenvalue weighted by atomic mass is 32.2. The SMILES string of the molecule is C=CC(=O)Nc1cccc(Nc2nc(Nc3cccc(OCCCNC(=O)CCCC(O)NCCCOCCOCCOCCCNC(=O)CCCC[C@@H]4SC[C@@H]5NC(=O)N[C@@H]54)c3)ncc2C)c1. The van der Waals surface area contributed by atoms with E-state index in [4.69, 9.17) is 18.9 Å². The lowest BCUT2D eigenvalue weighted by Gasteiger charge is -2.16. The number of aliphatic hydroxyl groups is 1. The van der Waals surface area contributed by atoms with E-state index in [-0.39, 0.29) is 35.8 Å². The monoisotopic (exact) mass is 963 g/mol. The second-order valence-corrected chi connectivity index (χ2v) is 17.7. The molecule has 68 heavy (non-hydrogen) atoms. The highest BCUT2D eigenvalue weighted by molar-refractivity contribution is 8.00. The summed E-state index contributed by atoms with van der Waals surface area (Å²) in [6.45, 7) is 10.4. The number of aliphatic hydroxyl groups excluding tert-OH is 1. The van der Waals surface area contributed by atoms with Crippen LogP contribution < -0.4 is 47.3 Å². The molecule has 0 saturated carbocycles. The van der Waals surface area contributed by atoms with E-state index in [1.807, 2.05) is 55.1 Å². The average molecular weight is 963 g/mol. The van der Waals surface area contributed by atoms with Crippen molar-refractivity contribution in [3.05, 3.63) is 72.9 Å². The fourth-order valence-electron chi connectivity index (χ4n) is 7.31. The highest BCUT2D eigenvalue weighted by Crippen LogP contribution is 2.33. The van der Waals surface area contributed by atoms with E-state index in [2.05, 4.69) is 59.1 Å². The number of unbranched alkanes of at least 4 members (excludes halogenated alkanes) is 1. The Balaban J connectivity index is 0.775. The molecule has 372 valence electrons. The number of hydrogen-bond acceptors (Lipinski definition) is 15. The van der Waals surface area contributed by atoms with Gasteiger partial charge in [0.15, 0.2) is 0 Å². The molecular formula is C48H70N10O9S. The molecule has 0 aliphatic carbocycles. The molecule has 5 amide bonds. The topological polar surface area (TPSA) is 247 Å². The maximum Gasteiger partial charge on any atom is 0.315 e. The molecule has 9 N–H and O–H groups in total. The summed E-state index contributed by atoms with van der Waals surface area (Å²) in [4.78, 5) is 56.7. The lowest BCUT2D eigenvalue weighted by Crippen LogP contribution is -2.36. The summed E-state index contributed by atoms with van der Waals surface area (Å²) in [5.41, 5.74) is 2.96. The Morgan fingerprint density at radius 3 is 2.24 bits per heavy atom. The van der Waals surface area contributed by atoms with Gasteiger partial charge in [-0.2, -0.15) is 16.7 Å². The van der Waals surface area contributed by atoms with Crippen molar-refractivity contribution >= 4 is 64.3 Å². The van der Waals surface area contributed by atoms with Crippen LogP contribution in [0.15, 0.2) is 67.4 Å². The van der Waals surface area contributed by atoms with Gasteiger partial charge in [-0.3, -0.25) is 19.7 Å². The van der Waals surface area contributed by atoms with Crippen LogP contribution in [0.3, 0.4) is 0 Å². The van der Waals surface area contributed by atoms with Crippen LogP contribution in [-0.2, 0) is 28.6 Å². The van der Waals surface area contributed by atoms with Crippen LogP contribution in [0, 0.1) is 6.92 Å². The number of amides is 5. The number of aromatic nitrogens is 2. The second-order valence-electron chi connectivity index (χ2n) is 16.5. The smallest absolute Gasteiger partial charge is 0.315 e. The molecule has 3 heterocycles. The molecule has 5 rings (SSSR count). The van der Waals surface area contributed by atoms with Gasteiger partial charge in [0.05, 0.1) is 45.1 Å². The first-order valence-electron chi connectivity index (χ1n) is 23.7. The van der Waals surface area contributed by atoms with Crippen LogP contribution in [0.4, 0.5) is 33.6 Å². The Labute approximate surface area is 403 Å². The van der Waals surface area contributed by atoms with Gasteiger partial charge < -0.3 is 61.3 Å². The summed E-state index contributed by atoms with van der Waals surface area (Å²) in [5.74, 6) is 2.32. The third kappa shape index (κ3) is 20.8. The molecular weight excluding hydrogens is 893 g/mol. The molecule has 1 aromatic heterocycles. The number of aryl methyl sites for hydroxylation is 1. The number of nitrogens with one attached hydrogen (secondary N) is 8. The predicted octanol–water partition coefficient (Wildman–Crippen LogP) is 5.03. The van der Waals surface area contributed by atoms with Gasteiger partial charge in [-0.15, -0.1) is 0 Å². The number of rotatable bonds is 35. The van der Waals surface area contributed by atoms with E-state index < -0.39 is 6.23 Å². The number of carbonyl (C=O) groups excluding carboxylic acids is 4. The minimum Gasteiger partial charge on any atom is -0.493 e. The first-order chi connectivity index (χ1) is 33.1. The Morgan fingerprint density at radius 2 is 1.49 bits per heavy atom. The average Bonchev–Trinajstić information content (AvgIpc) is 3.89. The summed E-state index contributed by atoms with van der Waals surface area (Å²) < 4.78 is 22.7. The van der Waals surface area contributed by atoms with Crippen molar-refractivity contribution in [1.29, 1.82) is 0 Å². The highest BCUT2D eigenvalue weighted by Gasteiger charge is 2.42. The van der Waals surface area contributed by atoms with E-state index in [1.165, 1.54) is 6.08 Å². The van der Waals surface area contributed by atoms with Gasteiger partial charge in [-0.25, -0.2) is 9.78 Å². The number of hydrogen-bond donors (Lipinski definition) is 9. The molecule has 20 heteroatoms.